The summed E-state index contributed by atoms with van der Waals surface area (Å²) in [6, 6.07) is 15.6. The number of hydrogen-bond donors (Lipinski definition) is 0. The largest absolute Gasteiger partial charge is 0.452 e. The molecule has 128 valence electrons. The van der Waals surface area contributed by atoms with Gasteiger partial charge < -0.3 is 13.7 Å². The molecule has 0 saturated carbocycles. The average Bonchev–Trinajstić information content (AvgIpc) is 3.06. The van der Waals surface area contributed by atoms with E-state index < -0.39 is 5.97 Å². The van der Waals surface area contributed by atoms with Gasteiger partial charge in [-0.05, 0) is 35.7 Å². The van der Waals surface area contributed by atoms with Crippen molar-refractivity contribution in [3.63, 3.8) is 0 Å². The van der Waals surface area contributed by atoms with Crippen LogP contribution in [-0.4, -0.2) is 10.5 Å². The minimum atomic E-state index is -0.556. The third-order valence-corrected chi connectivity index (χ3v) is 3.83. The number of pyridine rings is 1. The van der Waals surface area contributed by atoms with E-state index in [0.29, 0.717) is 11.5 Å². The fraction of sp³-hybridized carbons (Fsp3) is 0.200. The van der Waals surface area contributed by atoms with Crippen molar-refractivity contribution in [1.29, 1.82) is 0 Å². The molecule has 3 rings (SSSR count). The summed E-state index contributed by atoms with van der Waals surface area (Å²) in [5, 5.41) is 0. The lowest BCUT2D eigenvalue weighted by Gasteiger charge is -2.11. The van der Waals surface area contributed by atoms with Crippen LogP contribution in [0.25, 0.3) is 0 Å². The van der Waals surface area contributed by atoms with Gasteiger partial charge in [-0.15, -0.1) is 0 Å². The van der Waals surface area contributed by atoms with Gasteiger partial charge in [-0.1, -0.05) is 38.1 Å². The summed E-state index contributed by atoms with van der Waals surface area (Å²) in [6.45, 7) is 4.33. The molecule has 0 radical (unpaired) electrons. The van der Waals surface area contributed by atoms with Crippen molar-refractivity contribution in [3.05, 3.63) is 88.2 Å². The van der Waals surface area contributed by atoms with Gasteiger partial charge in [-0.3, -0.25) is 4.79 Å². The van der Waals surface area contributed by atoms with Crippen LogP contribution in [0.5, 0.6) is 5.75 Å². The Bertz CT molecular complexity index is 936. The highest BCUT2D eigenvalue weighted by Gasteiger charge is 2.17. The molecular formula is C20H19NO4. The van der Waals surface area contributed by atoms with E-state index in [9.17, 15) is 9.59 Å². The van der Waals surface area contributed by atoms with Crippen LogP contribution in [0.2, 0.25) is 0 Å². The smallest absolute Gasteiger partial charge is 0.379 e. The van der Waals surface area contributed by atoms with E-state index in [4.69, 9.17) is 9.15 Å². The monoisotopic (exact) mass is 337 g/mol. The van der Waals surface area contributed by atoms with Crippen molar-refractivity contribution in [2.75, 3.05) is 0 Å². The number of carbonyl (C=O) groups excluding carboxylic acids is 1. The zero-order valence-corrected chi connectivity index (χ0v) is 14.1. The standard InChI is InChI=1S/C20H19NO4/c1-14(2)16-7-3-4-8-17(16)25-20(23)18-11-10-15(24-18)13-21-12-6-5-9-19(21)22/h3-12,14H,13H2,1-2H3. The van der Waals surface area contributed by atoms with Gasteiger partial charge in [0.1, 0.15) is 11.5 Å². The summed E-state index contributed by atoms with van der Waals surface area (Å²) in [6.07, 6.45) is 1.67. The number of benzene rings is 1. The van der Waals surface area contributed by atoms with Gasteiger partial charge in [0.15, 0.2) is 0 Å². The second-order valence-corrected chi connectivity index (χ2v) is 6.01. The normalized spacial score (nSPS) is 10.8. The third kappa shape index (κ3) is 3.88. The number of nitrogens with zero attached hydrogens (tertiary/aromatic N) is 1. The number of ether oxygens (including phenoxy) is 1. The van der Waals surface area contributed by atoms with Crippen LogP contribution in [0, 0.1) is 0 Å². The first-order chi connectivity index (χ1) is 12.0. The summed E-state index contributed by atoms with van der Waals surface area (Å²) < 4.78 is 12.5. The van der Waals surface area contributed by atoms with Crippen molar-refractivity contribution in [3.8, 4) is 5.75 Å². The molecule has 0 N–H and O–H groups in total. The minimum absolute atomic E-state index is 0.109. The Kier molecular flexibility index (Phi) is 4.84. The van der Waals surface area contributed by atoms with Crippen molar-refractivity contribution >= 4 is 5.97 Å². The molecule has 5 nitrogen and oxygen atoms in total. The summed E-state index contributed by atoms with van der Waals surface area (Å²) >= 11 is 0. The first kappa shape index (κ1) is 16.8. The molecule has 0 aliphatic carbocycles. The molecule has 0 saturated heterocycles. The topological polar surface area (TPSA) is 61.4 Å². The van der Waals surface area contributed by atoms with E-state index >= 15 is 0 Å². The van der Waals surface area contributed by atoms with Crippen molar-refractivity contribution < 1.29 is 13.9 Å². The van der Waals surface area contributed by atoms with Gasteiger partial charge in [0.05, 0.1) is 6.54 Å². The molecule has 2 heterocycles. The minimum Gasteiger partial charge on any atom is -0.452 e. The van der Waals surface area contributed by atoms with Crippen molar-refractivity contribution in [2.24, 2.45) is 0 Å². The lowest BCUT2D eigenvalue weighted by atomic mass is 10.0. The third-order valence-electron chi connectivity index (χ3n) is 3.83. The zero-order valence-electron chi connectivity index (χ0n) is 14.1. The predicted molar refractivity (Wildman–Crippen MR) is 94.0 cm³/mol. The van der Waals surface area contributed by atoms with E-state index in [1.807, 2.05) is 32.0 Å². The average molecular weight is 337 g/mol. The maximum absolute atomic E-state index is 12.3. The number of rotatable bonds is 5. The maximum Gasteiger partial charge on any atom is 0.379 e. The van der Waals surface area contributed by atoms with Gasteiger partial charge in [-0.2, -0.15) is 0 Å². The highest BCUT2D eigenvalue weighted by atomic mass is 16.5. The summed E-state index contributed by atoms with van der Waals surface area (Å²) in [4.78, 5) is 24.1. The fourth-order valence-corrected chi connectivity index (χ4v) is 2.53. The first-order valence-electron chi connectivity index (χ1n) is 8.10. The van der Waals surface area contributed by atoms with Crippen LogP contribution in [-0.2, 0) is 6.54 Å². The van der Waals surface area contributed by atoms with Gasteiger partial charge in [0.2, 0.25) is 5.76 Å². The molecule has 1 aromatic carbocycles. The molecule has 0 aliphatic heterocycles. The second kappa shape index (κ2) is 7.21. The van der Waals surface area contributed by atoms with Gasteiger partial charge in [0, 0.05) is 12.3 Å². The van der Waals surface area contributed by atoms with E-state index in [1.54, 1.807) is 36.5 Å². The molecule has 0 amide bonds. The molecule has 25 heavy (non-hydrogen) atoms. The Morgan fingerprint density at radius 2 is 1.84 bits per heavy atom. The van der Waals surface area contributed by atoms with E-state index in [1.165, 1.54) is 10.6 Å². The molecule has 3 aromatic rings. The molecule has 2 aromatic heterocycles. The van der Waals surface area contributed by atoms with E-state index in [2.05, 4.69) is 0 Å². The molecule has 0 unspecified atom stereocenters. The number of aromatic nitrogens is 1. The Hall–Kier alpha value is -3.08. The lowest BCUT2D eigenvalue weighted by molar-refractivity contribution is 0.0697. The van der Waals surface area contributed by atoms with Crippen LogP contribution in [0.1, 0.15) is 41.6 Å². The predicted octanol–water partition coefficient (Wildman–Crippen LogP) is 3.83. The Morgan fingerprint density at radius 3 is 2.60 bits per heavy atom. The highest BCUT2D eigenvalue weighted by Crippen LogP contribution is 2.26. The van der Waals surface area contributed by atoms with Gasteiger partial charge in [0.25, 0.3) is 5.56 Å². The lowest BCUT2D eigenvalue weighted by Crippen LogP contribution is -2.17. The van der Waals surface area contributed by atoms with Crippen LogP contribution >= 0.6 is 0 Å². The van der Waals surface area contributed by atoms with Crippen LogP contribution < -0.4 is 10.3 Å². The van der Waals surface area contributed by atoms with Crippen molar-refractivity contribution in [1.82, 2.24) is 4.57 Å². The Labute approximate surface area is 145 Å². The number of hydrogen-bond acceptors (Lipinski definition) is 4. The van der Waals surface area contributed by atoms with Crippen LogP contribution in [0.15, 0.2) is 70.0 Å². The molecule has 5 heteroatoms. The maximum atomic E-state index is 12.3. The highest BCUT2D eigenvalue weighted by molar-refractivity contribution is 5.88. The Balaban J connectivity index is 1.75. The SMILES string of the molecule is CC(C)c1ccccc1OC(=O)c1ccc(Cn2ccccc2=O)o1. The van der Waals surface area contributed by atoms with Gasteiger partial charge in [-0.25, -0.2) is 4.79 Å². The quantitative estimate of drug-likeness (QED) is 0.524. The fourth-order valence-electron chi connectivity index (χ4n) is 2.53. The summed E-state index contributed by atoms with van der Waals surface area (Å²) in [5.41, 5.74) is 0.826. The molecule has 0 aliphatic rings. The number of esters is 1. The number of furan rings is 1. The number of para-hydroxylation sites is 1. The zero-order chi connectivity index (χ0) is 17.8. The second-order valence-electron chi connectivity index (χ2n) is 6.01. The molecular weight excluding hydrogens is 318 g/mol. The van der Waals surface area contributed by atoms with Crippen LogP contribution in [0.3, 0.4) is 0 Å². The summed E-state index contributed by atoms with van der Waals surface area (Å²) in [7, 11) is 0. The molecule has 0 atom stereocenters. The van der Waals surface area contributed by atoms with Crippen molar-refractivity contribution in [2.45, 2.75) is 26.3 Å². The molecule has 0 spiro atoms. The van der Waals surface area contributed by atoms with Gasteiger partial charge >= 0.3 is 5.97 Å². The van der Waals surface area contributed by atoms with E-state index in [0.717, 1.165) is 5.56 Å². The summed E-state index contributed by atoms with van der Waals surface area (Å²) in [5.74, 6) is 0.829. The molecule has 0 fully saturated rings. The van der Waals surface area contributed by atoms with Crippen LogP contribution in [0.4, 0.5) is 0 Å². The first-order valence-corrected chi connectivity index (χ1v) is 8.10. The number of carbonyl (C=O) groups is 1. The Morgan fingerprint density at radius 1 is 1.08 bits per heavy atom. The molecule has 0 bridgehead atoms. The van der Waals surface area contributed by atoms with E-state index in [-0.39, 0.29) is 23.8 Å².